The first-order chi connectivity index (χ1) is 10.2. The number of hydrogen-bond donors (Lipinski definition) is 1. The van der Waals surface area contributed by atoms with Crippen molar-refractivity contribution >= 4 is 17.5 Å². The fourth-order valence-corrected chi connectivity index (χ4v) is 3.29. The highest BCUT2D eigenvalue weighted by molar-refractivity contribution is 6.06. The molecule has 1 aromatic carbocycles. The van der Waals surface area contributed by atoms with Gasteiger partial charge in [-0.25, -0.2) is 0 Å². The van der Waals surface area contributed by atoms with Gasteiger partial charge in [0.15, 0.2) is 0 Å². The zero-order valence-corrected chi connectivity index (χ0v) is 12.2. The zero-order chi connectivity index (χ0) is 14.9. The van der Waals surface area contributed by atoms with Crippen LogP contribution in [0.5, 0.6) is 0 Å². The average molecular weight is 288 g/mol. The van der Waals surface area contributed by atoms with E-state index in [0.717, 1.165) is 11.3 Å². The number of likely N-dealkylation sites (tertiary alicyclic amines) is 1. The Morgan fingerprint density at radius 1 is 1.33 bits per heavy atom. The molecule has 0 saturated carbocycles. The summed E-state index contributed by atoms with van der Waals surface area (Å²) in [5, 5.41) is 2.97. The van der Waals surface area contributed by atoms with Gasteiger partial charge in [0.1, 0.15) is 6.61 Å². The molecule has 1 fully saturated rings. The highest BCUT2D eigenvalue weighted by Gasteiger charge is 2.48. The Bertz CT molecular complexity index is 562. The summed E-state index contributed by atoms with van der Waals surface area (Å²) in [7, 11) is 0. The molecule has 1 N–H and O–H groups in total. The first-order valence-electron chi connectivity index (χ1n) is 7.44. The molecule has 1 saturated heterocycles. The van der Waals surface area contributed by atoms with E-state index in [9.17, 15) is 9.59 Å². The van der Waals surface area contributed by atoms with Crippen LogP contribution < -0.4 is 5.32 Å². The number of ether oxygens (including phenoxy) is 1. The second-order valence-corrected chi connectivity index (χ2v) is 5.60. The Kier molecular flexibility index (Phi) is 3.68. The van der Waals surface area contributed by atoms with Gasteiger partial charge in [0, 0.05) is 25.4 Å². The lowest BCUT2D eigenvalue weighted by Gasteiger charge is -2.38. The fourth-order valence-electron chi connectivity index (χ4n) is 3.29. The van der Waals surface area contributed by atoms with Gasteiger partial charge in [0.2, 0.25) is 11.8 Å². The van der Waals surface area contributed by atoms with Gasteiger partial charge in [-0.05, 0) is 31.4 Å². The molecule has 2 amide bonds. The van der Waals surface area contributed by atoms with Crippen LogP contribution in [0, 0.1) is 0 Å². The standard InChI is InChI=1S/C16H20N2O3/c1-2-21-11-14(19)18-9-7-16(8-10-18)12-5-3-4-6-13(12)17-15(16)20/h3-6H,2,7-11H2,1H3,(H,17,20). The van der Waals surface area contributed by atoms with Crippen LogP contribution >= 0.6 is 0 Å². The van der Waals surface area contributed by atoms with E-state index in [1.165, 1.54) is 0 Å². The van der Waals surface area contributed by atoms with Crippen molar-refractivity contribution in [3.8, 4) is 0 Å². The minimum absolute atomic E-state index is 0.0124. The number of carbonyl (C=O) groups excluding carboxylic acids is 2. The molecular weight excluding hydrogens is 268 g/mol. The lowest BCUT2D eigenvalue weighted by atomic mass is 9.73. The molecule has 0 aliphatic carbocycles. The molecule has 0 aromatic heterocycles. The summed E-state index contributed by atoms with van der Waals surface area (Å²) in [4.78, 5) is 26.2. The minimum atomic E-state index is -0.459. The summed E-state index contributed by atoms with van der Waals surface area (Å²) in [6.45, 7) is 3.76. The molecule has 3 rings (SSSR count). The van der Waals surface area contributed by atoms with Gasteiger partial charge in [-0.1, -0.05) is 18.2 Å². The number of benzene rings is 1. The fraction of sp³-hybridized carbons (Fsp3) is 0.500. The van der Waals surface area contributed by atoms with E-state index in [-0.39, 0.29) is 18.4 Å². The second-order valence-electron chi connectivity index (χ2n) is 5.60. The van der Waals surface area contributed by atoms with Crippen LogP contribution in [-0.2, 0) is 19.7 Å². The molecule has 1 aromatic rings. The highest BCUT2D eigenvalue weighted by atomic mass is 16.5. The summed E-state index contributed by atoms with van der Waals surface area (Å²) in [5.74, 6) is 0.0824. The smallest absolute Gasteiger partial charge is 0.248 e. The van der Waals surface area contributed by atoms with Gasteiger partial charge < -0.3 is 15.0 Å². The van der Waals surface area contributed by atoms with Crippen molar-refractivity contribution < 1.29 is 14.3 Å². The van der Waals surface area contributed by atoms with E-state index in [4.69, 9.17) is 4.74 Å². The summed E-state index contributed by atoms with van der Waals surface area (Å²) in [6, 6.07) is 7.85. The van der Waals surface area contributed by atoms with E-state index in [2.05, 4.69) is 5.32 Å². The number of nitrogens with one attached hydrogen (secondary N) is 1. The summed E-state index contributed by atoms with van der Waals surface area (Å²) in [6.07, 6.45) is 1.35. The Hall–Kier alpha value is -1.88. The summed E-state index contributed by atoms with van der Waals surface area (Å²) in [5.41, 5.74) is 1.53. The van der Waals surface area contributed by atoms with Crippen LogP contribution in [-0.4, -0.2) is 43.0 Å². The molecule has 21 heavy (non-hydrogen) atoms. The number of hydrogen-bond acceptors (Lipinski definition) is 3. The van der Waals surface area contributed by atoms with Gasteiger partial charge >= 0.3 is 0 Å². The number of carbonyl (C=O) groups is 2. The van der Waals surface area contributed by atoms with Crippen LogP contribution in [0.4, 0.5) is 5.69 Å². The Morgan fingerprint density at radius 2 is 2.05 bits per heavy atom. The molecule has 0 unspecified atom stereocenters. The molecular formula is C16H20N2O3. The molecule has 0 atom stereocenters. The number of anilines is 1. The topological polar surface area (TPSA) is 58.6 Å². The largest absolute Gasteiger partial charge is 0.372 e. The Morgan fingerprint density at radius 3 is 2.76 bits per heavy atom. The molecule has 5 heteroatoms. The number of rotatable bonds is 3. The third kappa shape index (κ3) is 2.31. The molecule has 0 bridgehead atoms. The number of fused-ring (bicyclic) bond motifs is 2. The third-order valence-electron chi connectivity index (χ3n) is 4.52. The van der Waals surface area contributed by atoms with E-state index < -0.39 is 5.41 Å². The van der Waals surface area contributed by atoms with Crippen LogP contribution in [0.15, 0.2) is 24.3 Å². The van der Waals surface area contributed by atoms with Crippen molar-refractivity contribution in [3.63, 3.8) is 0 Å². The number of piperidine rings is 1. The average Bonchev–Trinajstić information content (AvgIpc) is 2.78. The van der Waals surface area contributed by atoms with Crippen molar-refractivity contribution in [2.75, 3.05) is 31.6 Å². The van der Waals surface area contributed by atoms with Crippen LogP contribution in [0.2, 0.25) is 0 Å². The number of nitrogens with zero attached hydrogens (tertiary/aromatic N) is 1. The van der Waals surface area contributed by atoms with E-state index in [1.807, 2.05) is 31.2 Å². The molecule has 0 radical (unpaired) electrons. The predicted octanol–water partition coefficient (Wildman–Crippen LogP) is 1.54. The zero-order valence-electron chi connectivity index (χ0n) is 12.2. The monoisotopic (exact) mass is 288 g/mol. The Balaban J connectivity index is 1.73. The molecule has 1 spiro atoms. The maximum atomic E-state index is 12.4. The first kappa shape index (κ1) is 14.1. The molecule has 5 nitrogen and oxygen atoms in total. The number of amides is 2. The van der Waals surface area contributed by atoms with Crippen molar-refractivity contribution in [2.45, 2.75) is 25.2 Å². The maximum absolute atomic E-state index is 12.4. The molecule has 2 aliphatic heterocycles. The summed E-state index contributed by atoms with van der Waals surface area (Å²) >= 11 is 0. The van der Waals surface area contributed by atoms with Crippen molar-refractivity contribution in [1.29, 1.82) is 0 Å². The van der Waals surface area contributed by atoms with Gasteiger partial charge in [-0.2, -0.15) is 0 Å². The van der Waals surface area contributed by atoms with E-state index >= 15 is 0 Å². The van der Waals surface area contributed by atoms with Crippen molar-refractivity contribution in [2.24, 2.45) is 0 Å². The SMILES string of the molecule is CCOCC(=O)N1CCC2(CC1)C(=O)Nc1ccccc12. The third-order valence-corrected chi connectivity index (χ3v) is 4.52. The van der Waals surface area contributed by atoms with E-state index in [0.29, 0.717) is 32.5 Å². The van der Waals surface area contributed by atoms with Crippen molar-refractivity contribution in [3.05, 3.63) is 29.8 Å². The molecule has 2 aliphatic rings. The highest BCUT2D eigenvalue weighted by Crippen LogP contribution is 2.44. The maximum Gasteiger partial charge on any atom is 0.248 e. The van der Waals surface area contributed by atoms with E-state index in [1.54, 1.807) is 4.90 Å². The van der Waals surface area contributed by atoms with Crippen LogP contribution in [0.3, 0.4) is 0 Å². The first-order valence-corrected chi connectivity index (χ1v) is 7.44. The lowest BCUT2D eigenvalue weighted by Crippen LogP contribution is -2.49. The molecule has 112 valence electrons. The second kappa shape index (κ2) is 5.48. The van der Waals surface area contributed by atoms with Gasteiger partial charge in [0.05, 0.1) is 5.41 Å². The summed E-state index contributed by atoms with van der Waals surface area (Å²) < 4.78 is 5.17. The quantitative estimate of drug-likeness (QED) is 0.917. The van der Waals surface area contributed by atoms with Crippen LogP contribution in [0.25, 0.3) is 0 Å². The Labute approximate surface area is 124 Å². The van der Waals surface area contributed by atoms with Crippen LogP contribution in [0.1, 0.15) is 25.3 Å². The molecule has 2 heterocycles. The normalized spacial score (nSPS) is 19.5. The van der Waals surface area contributed by atoms with Gasteiger partial charge in [-0.15, -0.1) is 0 Å². The lowest BCUT2D eigenvalue weighted by molar-refractivity contribution is -0.139. The minimum Gasteiger partial charge on any atom is -0.372 e. The van der Waals surface area contributed by atoms with Gasteiger partial charge in [-0.3, -0.25) is 9.59 Å². The number of para-hydroxylation sites is 1. The predicted molar refractivity (Wildman–Crippen MR) is 79.1 cm³/mol. The van der Waals surface area contributed by atoms with Gasteiger partial charge in [0.25, 0.3) is 0 Å². The van der Waals surface area contributed by atoms with Crippen molar-refractivity contribution in [1.82, 2.24) is 4.90 Å².